The van der Waals surface area contributed by atoms with E-state index >= 15 is 0 Å². The lowest BCUT2D eigenvalue weighted by Crippen LogP contribution is -2.50. The van der Waals surface area contributed by atoms with Crippen LogP contribution in [0.15, 0.2) is 0 Å². The van der Waals surface area contributed by atoms with E-state index in [9.17, 15) is 0 Å². The van der Waals surface area contributed by atoms with Crippen LogP contribution in [0.3, 0.4) is 0 Å². The van der Waals surface area contributed by atoms with Crippen molar-refractivity contribution in [2.45, 2.75) is 175 Å². The van der Waals surface area contributed by atoms with Crippen LogP contribution in [0.2, 0.25) is 0 Å². The van der Waals surface area contributed by atoms with E-state index in [1.807, 2.05) is 0 Å². The highest BCUT2D eigenvalue weighted by Gasteiger charge is 2.08. The summed E-state index contributed by atoms with van der Waals surface area (Å²) < 4.78 is 0. The second-order valence-electron chi connectivity index (χ2n) is 10.3. The summed E-state index contributed by atoms with van der Waals surface area (Å²) in [4.78, 5) is 8.89. The molecule has 200 valence electrons. The van der Waals surface area contributed by atoms with Crippen molar-refractivity contribution in [1.82, 2.24) is 0 Å². The molecule has 3 heteroatoms. The van der Waals surface area contributed by atoms with Gasteiger partial charge in [0.15, 0.2) is 0 Å². The summed E-state index contributed by atoms with van der Waals surface area (Å²) in [6, 6.07) is 0. The van der Waals surface area contributed by atoms with E-state index in [4.69, 9.17) is 9.90 Å². The molecule has 0 aliphatic rings. The fraction of sp³-hybridized carbons (Fsp3) is 0.967. The number of quaternary nitrogens is 1. The third kappa shape index (κ3) is 36.2. The molecule has 0 aliphatic heterocycles. The van der Waals surface area contributed by atoms with Crippen LogP contribution in [0.4, 0.5) is 0 Å². The largest absolute Gasteiger partial charge is 0.550 e. The van der Waals surface area contributed by atoms with Crippen molar-refractivity contribution in [1.29, 1.82) is 0 Å². The third-order valence-electron chi connectivity index (χ3n) is 6.79. The second kappa shape index (κ2) is 31.4. The molecule has 0 aromatic carbocycles. The maximum absolute atomic E-state index is 8.89. The van der Waals surface area contributed by atoms with E-state index in [2.05, 4.69) is 19.6 Å². The number of carbonyl (C=O) groups excluding carboxylic acids is 1. The van der Waals surface area contributed by atoms with E-state index in [0.717, 1.165) is 19.4 Å². The molecule has 0 saturated heterocycles. The molecule has 0 atom stereocenters. The zero-order chi connectivity index (χ0) is 24.8. The van der Waals surface area contributed by atoms with Crippen molar-refractivity contribution in [3.05, 3.63) is 0 Å². The Labute approximate surface area is 209 Å². The van der Waals surface area contributed by atoms with Gasteiger partial charge < -0.3 is 15.6 Å². The van der Waals surface area contributed by atoms with Crippen LogP contribution in [0.25, 0.3) is 0 Å². The zero-order valence-corrected chi connectivity index (χ0v) is 23.3. The number of carboxylic acid groups (broad SMARTS) is 1. The van der Waals surface area contributed by atoms with Crippen molar-refractivity contribution in [3.63, 3.8) is 0 Å². The molecule has 3 nitrogen and oxygen atoms in total. The predicted molar refractivity (Wildman–Crippen MR) is 144 cm³/mol. The third-order valence-corrected chi connectivity index (χ3v) is 6.79. The minimum Gasteiger partial charge on any atom is -0.550 e. The molecule has 0 bridgehead atoms. The van der Waals surface area contributed by atoms with Gasteiger partial charge in [-0.05, 0) is 25.7 Å². The number of carboxylic acids is 1. The van der Waals surface area contributed by atoms with Crippen LogP contribution >= 0.6 is 0 Å². The van der Waals surface area contributed by atoms with Gasteiger partial charge in [-0.25, -0.2) is 0 Å². The number of rotatable bonds is 25. The first-order valence-corrected chi connectivity index (χ1v) is 15.0. The van der Waals surface area contributed by atoms with E-state index in [0.29, 0.717) is 0 Å². The van der Waals surface area contributed by atoms with E-state index < -0.39 is 5.97 Å². The first-order chi connectivity index (χ1) is 16.1. The van der Waals surface area contributed by atoms with Gasteiger partial charge >= 0.3 is 0 Å². The van der Waals surface area contributed by atoms with Crippen molar-refractivity contribution >= 4 is 5.97 Å². The highest BCUT2D eigenvalue weighted by atomic mass is 16.4. The molecule has 33 heavy (non-hydrogen) atoms. The van der Waals surface area contributed by atoms with Gasteiger partial charge in [0.25, 0.3) is 0 Å². The van der Waals surface area contributed by atoms with Gasteiger partial charge in [0.1, 0.15) is 0 Å². The standard InChI is InChI=1S/C28H59N.C2H4O2/c1-3-5-7-9-11-13-15-17-19-21-24-28(26-23-27-29)25-22-20-18-16-14-12-10-8-6-4-2;1-2(3)4/h28H,3-27,29H2,1-2H3;1H3,(H,3,4). The molecule has 0 heterocycles. The lowest BCUT2D eigenvalue weighted by Gasteiger charge is -2.16. The Morgan fingerprint density at radius 1 is 0.545 bits per heavy atom. The van der Waals surface area contributed by atoms with Crippen LogP contribution in [0.5, 0.6) is 0 Å². The Kier molecular flexibility index (Phi) is 33.0. The summed E-state index contributed by atoms with van der Waals surface area (Å²) in [5, 5.41) is 8.89. The normalized spacial score (nSPS) is 10.9. The maximum atomic E-state index is 8.89. The van der Waals surface area contributed by atoms with Crippen molar-refractivity contribution in [3.8, 4) is 0 Å². The first kappa shape index (κ1) is 34.6. The molecule has 0 aromatic rings. The highest BCUT2D eigenvalue weighted by Crippen LogP contribution is 2.23. The Morgan fingerprint density at radius 3 is 1.06 bits per heavy atom. The predicted octanol–water partition coefficient (Wildman–Crippen LogP) is 8.00. The fourth-order valence-corrected chi connectivity index (χ4v) is 4.71. The Balaban J connectivity index is 0. The SMILES string of the molecule is CC(=O)[O-].CCCCCCCCCCCCC(CCC[NH3+])CCCCCCCCCCCC. The Bertz CT molecular complexity index is 331. The van der Waals surface area contributed by atoms with Crippen LogP contribution in [-0.4, -0.2) is 12.5 Å². The minimum absolute atomic E-state index is 0.972. The monoisotopic (exact) mass is 469 g/mol. The topological polar surface area (TPSA) is 67.8 Å². The average molecular weight is 470 g/mol. The van der Waals surface area contributed by atoms with Gasteiger partial charge in [0.2, 0.25) is 0 Å². The van der Waals surface area contributed by atoms with E-state index in [1.165, 1.54) is 154 Å². The van der Waals surface area contributed by atoms with Gasteiger partial charge in [0, 0.05) is 5.97 Å². The molecule has 0 unspecified atom stereocenters. The van der Waals surface area contributed by atoms with Crippen LogP contribution in [0.1, 0.15) is 175 Å². The molecule has 0 rings (SSSR count). The molecular weight excluding hydrogens is 406 g/mol. The second-order valence-corrected chi connectivity index (χ2v) is 10.3. The number of carbonyl (C=O) groups is 1. The molecule has 0 aromatic heterocycles. The quantitative estimate of drug-likeness (QED) is 0.138. The summed E-state index contributed by atoms with van der Waals surface area (Å²) in [6.07, 6.45) is 35.0. The smallest absolute Gasteiger partial charge is 0.0739 e. The van der Waals surface area contributed by atoms with Crippen molar-refractivity contribution in [2.24, 2.45) is 5.92 Å². The van der Waals surface area contributed by atoms with Crippen LogP contribution in [-0.2, 0) is 4.79 Å². The molecular formula is C30H63NO2. The molecule has 0 amide bonds. The molecule has 0 saturated carbocycles. The Morgan fingerprint density at radius 2 is 0.788 bits per heavy atom. The number of unbranched alkanes of at least 4 members (excludes halogenated alkanes) is 18. The summed E-state index contributed by atoms with van der Waals surface area (Å²) in [6.45, 7) is 6.72. The first-order valence-electron chi connectivity index (χ1n) is 15.0. The van der Waals surface area contributed by atoms with Gasteiger partial charge in [-0.3, -0.25) is 0 Å². The molecule has 0 aliphatic carbocycles. The zero-order valence-electron chi connectivity index (χ0n) is 23.3. The molecule has 0 fully saturated rings. The summed E-state index contributed by atoms with van der Waals surface area (Å²) >= 11 is 0. The molecule has 3 N–H and O–H groups in total. The Hall–Kier alpha value is -0.570. The highest BCUT2D eigenvalue weighted by molar-refractivity contribution is 5.60. The molecule has 0 spiro atoms. The van der Waals surface area contributed by atoms with E-state index in [1.54, 1.807) is 0 Å². The van der Waals surface area contributed by atoms with Crippen LogP contribution in [0, 0.1) is 5.92 Å². The number of hydrogen-bond donors (Lipinski definition) is 1. The molecule has 0 radical (unpaired) electrons. The van der Waals surface area contributed by atoms with Crippen molar-refractivity contribution in [2.75, 3.05) is 6.54 Å². The van der Waals surface area contributed by atoms with Gasteiger partial charge in [-0.1, -0.05) is 155 Å². The van der Waals surface area contributed by atoms with Gasteiger partial charge in [0.05, 0.1) is 6.54 Å². The van der Waals surface area contributed by atoms with Crippen molar-refractivity contribution < 1.29 is 15.6 Å². The average Bonchev–Trinajstić information content (AvgIpc) is 2.79. The lowest BCUT2D eigenvalue weighted by molar-refractivity contribution is -0.368. The minimum atomic E-state index is -1.08. The fourth-order valence-electron chi connectivity index (χ4n) is 4.71. The maximum Gasteiger partial charge on any atom is 0.0739 e. The van der Waals surface area contributed by atoms with Gasteiger partial charge in [-0.15, -0.1) is 0 Å². The van der Waals surface area contributed by atoms with Crippen LogP contribution < -0.4 is 10.8 Å². The van der Waals surface area contributed by atoms with Gasteiger partial charge in [-0.2, -0.15) is 0 Å². The number of hydrogen-bond acceptors (Lipinski definition) is 2. The number of aliphatic carboxylic acids is 1. The summed E-state index contributed by atoms with van der Waals surface area (Å²) in [7, 11) is 0. The van der Waals surface area contributed by atoms with E-state index in [-0.39, 0.29) is 0 Å². The summed E-state index contributed by atoms with van der Waals surface area (Å²) in [5.41, 5.74) is 4.07. The lowest BCUT2D eigenvalue weighted by atomic mass is 9.90. The summed E-state index contributed by atoms with van der Waals surface area (Å²) in [5.74, 6) is -0.0835.